The summed E-state index contributed by atoms with van der Waals surface area (Å²) >= 11 is 3.46. The van der Waals surface area contributed by atoms with Gasteiger partial charge in [-0.25, -0.2) is 9.78 Å². The number of carbonyl (C=O) groups is 1. The fourth-order valence-corrected chi connectivity index (χ4v) is 2.69. The first-order valence-corrected chi connectivity index (χ1v) is 8.32. The first kappa shape index (κ1) is 17.1. The molecule has 3 rings (SSSR count). The van der Waals surface area contributed by atoms with E-state index in [1.54, 1.807) is 24.9 Å². The maximum atomic E-state index is 12.8. The van der Waals surface area contributed by atoms with E-state index in [1.807, 2.05) is 25.1 Å². The predicted molar refractivity (Wildman–Crippen MR) is 98.3 cm³/mol. The summed E-state index contributed by atoms with van der Waals surface area (Å²) in [5, 5.41) is 10.5. The smallest absolute Gasteiger partial charge is 0.264 e. The molecule has 2 aromatic heterocycles. The average Bonchev–Trinajstić information content (AvgIpc) is 2.98. The van der Waals surface area contributed by atoms with Crippen LogP contribution in [0.2, 0.25) is 0 Å². The Labute approximate surface area is 152 Å². The van der Waals surface area contributed by atoms with Crippen molar-refractivity contribution in [2.45, 2.75) is 13.8 Å². The second-order valence-corrected chi connectivity index (χ2v) is 6.49. The summed E-state index contributed by atoms with van der Waals surface area (Å²) in [5.41, 5.74) is 2.65. The van der Waals surface area contributed by atoms with Crippen LogP contribution < -0.4 is 10.5 Å². The van der Waals surface area contributed by atoms with Crippen LogP contribution in [0, 0.1) is 13.8 Å². The lowest BCUT2D eigenvalue weighted by Gasteiger charge is -2.18. The molecule has 0 fully saturated rings. The van der Waals surface area contributed by atoms with Crippen LogP contribution in [0.4, 0.5) is 5.69 Å². The van der Waals surface area contributed by atoms with E-state index in [-0.39, 0.29) is 11.5 Å². The quantitative estimate of drug-likeness (QED) is 0.730. The number of nitrogens with zero attached hydrogens (tertiary/aromatic N) is 4. The van der Waals surface area contributed by atoms with Crippen molar-refractivity contribution < 1.29 is 4.79 Å². The summed E-state index contributed by atoms with van der Waals surface area (Å²) in [6.07, 6.45) is 1.51. The van der Waals surface area contributed by atoms with E-state index >= 15 is 0 Å². The third-order valence-electron chi connectivity index (χ3n) is 3.96. The van der Waals surface area contributed by atoms with E-state index in [0.717, 1.165) is 15.7 Å². The van der Waals surface area contributed by atoms with Gasteiger partial charge in [-0.15, -0.1) is 0 Å². The van der Waals surface area contributed by atoms with Crippen molar-refractivity contribution in [2.24, 2.45) is 0 Å². The minimum Gasteiger partial charge on any atom is -0.311 e. The van der Waals surface area contributed by atoms with Crippen LogP contribution in [-0.2, 0) is 0 Å². The van der Waals surface area contributed by atoms with Crippen molar-refractivity contribution in [3.8, 4) is 5.82 Å². The van der Waals surface area contributed by atoms with Gasteiger partial charge >= 0.3 is 0 Å². The molecule has 2 heterocycles. The van der Waals surface area contributed by atoms with Gasteiger partial charge < -0.3 is 4.90 Å². The monoisotopic (exact) mass is 401 g/mol. The van der Waals surface area contributed by atoms with Crippen LogP contribution in [0.15, 0.2) is 45.8 Å². The maximum Gasteiger partial charge on any atom is 0.264 e. The number of H-pyrrole nitrogens is 1. The van der Waals surface area contributed by atoms with Crippen LogP contribution in [0.1, 0.15) is 21.6 Å². The van der Waals surface area contributed by atoms with Crippen molar-refractivity contribution in [1.29, 1.82) is 0 Å². The Morgan fingerprint density at radius 3 is 2.64 bits per heavy atom. The Hall–Kier alpha value is -2.74. The molecule has 1 aromatic carbocycles. The topological polar surface area (TPSA) is 83.9 Å². The van der Waals surface area contributed by atoms with E-state index in [2.05, 4.69) is 31.2 Å². The van der Waals surface area contributed by atoms with Crippen LogP contribution in [-0.4, -0.2) is 32.9 Å². The molecule has 128 valence electrons. The molecule has 0 saturated heterocycles. The molecule has 0 aliphatic carbocycles. The predicted octanol–water partition coefficient (Wildman–Crippen LogP) is 2.61. The lowest BCUT2D eigenvalue weighted by molar-refractivity contribution is 0.0992. The van der Waals surface area contributed by atoms with Gasteiger partial charge in [0.05, 0.1) is 17.5 Å². The van der Waals surface area contributed by atoms with E-state index in [9.17, 15) is 9.59 Å². The van der Waals surface area contributed by atoms with Crippen molar-refractivity contribution in [1.82, 2.24) is 20.0 Å². The lowest BCUT2D eigenvalue weighted by atomic mass is 10.2. The van der Waals surface area contributed by atoms with Gasteiger partial charge in [-0.05, 0) is 43.7 Å². The zero-order valence-electron chi connectivity index (χ0n) is 13.9. The van der Waals surface area contributed by atoms with Crippen molar-refractivity contribution >= 4 is 27.5 Å². The Balaban J connectivity index is 1.93. The molecule has 0 atom stereocenters. The van der Waals surface area contributed by atoms with Gasteiger partial charge in [0.2, 0.25) is 0 Å². The standard InChI is InChI=1S/C17H16BrN5O2/c1-10-8-12(4-5-14(10)18)22(3)17(25)13-9-19-23(11(13)2)15-6-7-16(24)21-20-15/h4-9H,1-3H3,(H,21,24). The molecular formula is C17H16BrN5O2. The molecule has 0 unspecified atom stereocenters. The van der Waals surface area contributed by atoms with Crippen LogP contribution in [0.3, 0.4) is 0 Å². The second kappa shape index (κ2) is 6.64. The highest BCUT2D eigenvalue weighted by Crippen LogP contribution is 2.24. The maximum absolute atomic E-state index is 12.8. The molecule has 0 bridgehead atoms. The van der Waals surface area contributed by atoms with Gasteiger partial charge in [-0.2, -0.15) is 10.2 Å². The minimum atomic E-state index is -0.296. The normalized spacial score (nSPS) is 10.7. The number of carbonyl (C=O) groups excluding carboxylic acids is 1. The number of halogens is 1. The number of hydrogen-bond donors (Lipinski definition) is 1. The molecule has 25 heavy (non-hydrogen) atoms. The largest absolute Gasteiger partial charge is 0.311 e. The summed E-state index contributed by atoms with van der Waals surface area (Å²) in [4.78, 5) is 25.6. The molecule has 0 aliphatic heterocycles. The fraction of sp³-hybridized carbons (Fsp3) is 0.176. The molecule has 1 N–H and O–H groups in total. The zero-order chi connectivity index (χ0) is 18.1. The van der Waals surface area contributed by atoms with Gasteiger partial charge in [-0.1, -0.05) is 15.9 Å². The van der Waals surface area contributed by atoms with E-state index in [0.29, 0.717) is 17.1 Å². The molecule has 7 nitrogen and oxygen atoms in total. The van der Waals surface area contributed by atoms with Crippen molar-refractivity contribution in [3.63, 3.8) is 0 Å². The van der Waals surface area contributed by atoms with Gasteiger partial charge in [0.1, 0.15) is 0 Å². The molecule has 0 aliphatic rings. The second-order valence-electron chi connectivity index (χ2n) is 5.63. The number of anilines is 1. The molecule has 0 radical (unpaired) electrons. The highest BCUT2D eigenvalue weighted by atomic mass is 79.9. The highest BCUT2D eigenvalue weighted by Gasteiger charge is 2.20. The Kier molecular flexibility index (Phi) is 4.54. The Morgan fingerprint density at radius 2 is 2.00 bits per heavy atom. The third kappa shape index (κ3) is 3.25. The summed E-state index contributed by atoms with van der Waals surface area (Å²) in [5.74, 6) is 0.271. The number of aryl methyl sites for hydroxylation is 1. The van der Waals surface area contributed by atoms with Crippen molar-refractivity contribution in [2.75, 3.05) is 11.9 Å². The van der Waals surface area contributed by atoms with Gasteiger partial charge in [0, 0.05) is 23.3 Å². The third-order valence-corrected chi connectivity index (χ3v) is 4.84. The minimum absolute atomic E-state index is 0.171. The van der Waals surface area contributed by atoms with Crippen LogP contribution >= 0.6 is 15.9 Å². The lowest BCUT2D eigenvalue weighted by Crippen LogP contribution is -2.26. The number of aromatic amines is 1. The number of benzene rings is 1. The van der Waals surface area contributed by atoms with Crippen LogP contribution in [0.5, 0.6) is 0 Å². The van der Waals surface area contributed by atoms with Gasteiger partial charge in [0.25, 0.3) is 11.5 Å². The summed E-state index contributed by atoms with van der Waals surface area (Å²) in [7, 11) is 1.72. The molecule has 0 saturated carbocycles. The van der Waals surface area contributed by atoms with Gasteiger partial charge in [0.15, 0.2) is 5.82 Å². The number of aromatic nitrogens is 4. The average molecular weight is 402 g/mol. The molecular weight excluding hydrogens is 386 g/mol. The summed E-state index contributed by atoms with van der Waals surface area (Å²) in [6.45, 7) is 3.75. The number of amides is 1. The highest BCUT2D eigenvalue weighted by molar-refractivity contribution is 9.10. The molecule has 8 heteroatoms. The first-order chi connectivity index (χ1) is 11.9. The van der Waals surface area contributed by atoms with E-state index < -0.39 is 0 Å². The molecule has 0 spiro atoms. The van der Waals surface area contributed by atoms with Gasteiger partial charge in [-0.3, -0.25) is 9.59 Å². The van der Waals surface area contributed by atoms with E-state index in [1.165, 1.54) is 16.9 Å². The fourth-order valence-electron chi connectivity index (χ4n) is 2.44. The molecule has 1 amide bonds. The summed E-state index contributed by atoms with van der Waals surface area (Å²) in [6, 6.07) is 8.63. The zero-order valence-corrected chi connectivity index (χ0v) is 15.5. The number of rotatable bonds is 3. The Bertz CT molecular complexity index is 988. The SMILES string of the molecule is Cc1cc(N(C)C(=O)c2cnn(-c3ccc(=O)[nH]n3)c2C)ccc1Br. The van der Waals surface area contributed by atoms with Crippen LogP contribution in [0.25, 0.3) is 5.82 Å². The van der Waals surface area contributed by atoms with Crippen molar-refractivity contribution in [3.05, 3.63) is 68.2 Å². The Morgan fingerprint density at radius 1 is 1.24 bits per heavy atom. The summed E-state index contributed by atoms with van der Waals surface area (Å²) < 4.78 is 2.51. The number of nitrogens with one attached hydrogen (secondary N) is 1. The molecule has 3 aromatic rings. The van der Waals surface area contributed by atoms with E-state index in [4.69, 9.17) is 0 Å². The number of hydrogen-bond acceptors (Lipinski definition) is 4. The first-order valence-electron chi connectivity index (χ1n) is 7.53.